The van der Waals surface area contributed by atoms with E-state index in [0.29, 0.717) is 43.2 Å². The van der Waals surface area contributed by atoms with Crippen molar-refractivity contribution < 1.29 is 9.59 Å². The SMILES string of the molecule is Cc1ccc(NC(=O)Cn2cnc3sc(C(=O)N[C@@H]4CCC[C@H](C)[C@@H]4C)c(C)c3c2=O)cc1Cl. The van der Waals surface area contributed by atoms with Gasteiger partial charge in [0, 0.05) is 16.8 Å². The first-order chi connectivity index (χ1) is 16.2. The molecule has 3 atom stereocenters. The summed E-state index contributed by atoms with van der Waals surface area (Å²) in [6.45, 7) is 7.86. The van der Waals surface area contributed by atoms with E-state index in [4.69, 9.17) is 11.6 Å². The molecule has 2 heterocycles. The predicted octanol–water partition coefficient (Wildman–Crippen LogP) is 4.92. The summed E-state index contributed by atoms with van der Waals surface area (Å²) in [7, 11) is 0. The van der Waals surface area contributed by atoms with Gasteiger partial charge in [-0.3, -0.25) is 19.0 Å². The minimum Gasteiger partial charge on any atom is -0.348 e. The molecule has 2 N–H and O–H groups in total. The lowest BCUT2D eigenvalue weighted by Gasteiger charge is -2.34. The van der Waals surface area contributed by atoms with Crippen LogP contribution in [0.25, 0.3) is 10.2 Å². The second-order valence-corrected chi connectivity index (χ2v) is 10.7. The van der Waals surface area contributed by atoms with Crippen molar-refractivity contribution in [3.63, 3.8) is 0 Å². The number of rotatable bonds is 5. The number of aromatic nitrogens is 2. The molecule has 34 heavy (non-hydrogen) atoms. The summed E-state index contributed by atoms with van der Waals surface area (Å²) in [4.78, 5) is 44.1. The van der Waals surface area contributed by atoms with Gasteiger partial charge in [0.25, 0.3) is 11.5 Å². The van der Waals surface area contributed by atoms with E-state index in [1.807, 2.05) is 13.0 Å². The maximum absolute atomic E-state index is 13.2. The monoisotopic (exact) mass is 500 g/mol. The van der Waals surface area contributed by atoms with Crippen molar-refractivity contribution in [3.05, 3.63) is 55.9 Å². The van der Waals surface area contributed by atoms with Gasteiger partial charge in [-0.15, -0.1) is 11.3 Å². The lowest BCUT2D eigenvalue weighted by Crippen LogP contribution is -2.43. The van der Waals surface area contributed by atoms with Gasteiger partial charge in [0.05, 0.1) is 16.6 Å². The number of nitrogens with one attached hydrogen (secondary N) is 2. The van der Waals surface area contributed by atoms with Crippen molar-refractivity contribution in [1.82, 2.24) is 14.9 Å². The van der Waals surface area contributed by atoms with Gasteiger partial charge in [-0.1, -0.05) is 44.4 Å². The van der Waals surface area contributed by atoms with Crippen LogP contribution < -0.4 is 16.2 Å². The van der Waals surface area contributed by atoms with Gasteiger partial charge in [0.1, 0.15) is 11.4 Å². The van der Waals surface area contributed by atoms with Crippen molar-refractivity contribution in [2.24, 2.45) is 11.8 Å². The van der Waals surface area contributed by atoms with E-state index in [0.717, 1.165) is 18.4 Å². The first-order valence-corrected chi connectivity index (χ1v) is 12.7. The van der Waals surface area contributed by atoms with Crippen LogP contribution in [-0.4, -0.2) is 27.4 Å². The zero-order chi connectivity index (χ0) is 24.6. The Morgan fingerprint density at radius 1 is 1.24 bits per heavy atom. The van der Waals surface area contributed by atoms with E-state index >= 15 is 0 Å². The Hall–Kier alpha value is -2.71. The number of hydrogen-bond donors (Lipinski definition) is 2. The number of halogens is 1. The molecule has 4 rings (SSSR count). The quantitative estimate of drug-likeness (QED) is 0.520. The van der Waals surface area contributed by atoms with E-state index in [9.17, 15) is 14.4 Å². The molecule has 0 spiro atoms. The number of fused-ring (bicyclic) bond motifs is 1. The molecule has 1 saturated carbocycles. The van der Waals surface area contributed by atoms with Crippen LogP contribution in [0, 0.1) is 25.7 Å². The maximum atomic E-state index is 13.2. The smallest absolute Gasteiger partial charge is 0.262 e. The van der Waals surface area contributed by atoms with Gasteiger partial charge in [0.15, 0.2) is 0 Å². The molecule has 1 fully saturated rings. The van der Waals surface area contributed by atoms with Crippen LogP contribution in [0.1, 0.15) is 53.9 Å². The van der Waals surface area contributed by atoms with Crippen molar-refractivity contribution in [3.8, 4) is 0 Å². The number of aryl methyl sites for hydroxylation is 2. The molecule has 1 aliphatic carbocycles. The molecule has 3 aromatic rings. The molecule has 180 valence electrons. The second kappa shape index (κ2) is 9.88. The van der Waals surface area contributed by atoms with Gasteiger partial charge >= 0.3 is 0 Å². The molecule has 0 bridgehead atoms. The molecule has 0 unspecified atom stereocenters. The summed E-state index contributed by atoms with van der Waals surface area (Å²) in [5.41, 5.74) is 1.73. The number of benzene rings is 1. The van der Waals surface area contributed by atoms with Gasteiger partial charge in [-0.05, 0) is 55.4 Å². The molecular weight excluding hydrogens is 472 g/mol. The van der Waals surface area contributed by atoms with Crippen LogP contribution in [0.2, 0.25) is 5.02 Å². The molecule has 0 radical (unpaired) electrons. The Balaban J connectivity index is 1.53. The van der Waals surface area contributed by atoms with Gasteiger partial charge in [0.2, 0.25) is 5.91 Å². The lowest BCUT2D eigenvalue weighted by atomic mass is 9.78. The summed E-state index contributed by atoms with van der Waals surface area (Å²) >= 11 is 7.34. The molecule has 0 saturated heterocycles. The van der Waals surface area contributed by atoms with Crippen LogP contribution in [0.3, 0.4) is 0 Å². The maximum Gasteiger partial charge on any atom is 0.262 e. The Morgan fingerprint density at radius 2 is 2.00 bits per heavy atom. The predicted molar refractivity (Wildman–Crippen MR) is 137 cm³/mol. The van der Waals surface area contributed by atoms with Crippen molar-refractivity contribution >= 4 is 50.7 Å². The van der Waals surface area contributed by atoms with Crippen LogP contribution in [-0.2, 0) is 11.3 Å². The Labute approximate surface area is 207 Å². The number of hydrogen-bond acceptors (Lipinski definition) is 5. The summed E-state index contributed by atoms with van der Waals surface area (Å²) in [5, 5.41) is 6.87. The zero-order valence-electron chi connectivity index (χ0n) is 19.8. The molecule has 2 amide bonds. The zero-order valence-corrected chi connectivity index (χ0v) is 21.3. The Morgan fingerprint density at radius 3 is 2.74 bits per heavy atom. The minimum absolute atomic E-state index is 0.129. The second-order valence-electron chi connectivity index (χ2n) is 9.27. The van der Waals surface area contributed by atoms with E-state index in [1.54, 1.807) is 19.1 Å². The summed E-state index contributed by atoms with van der Waals surface area (Å²) in [6.07, 6.45) is 4.61. The third-order valence-corrected chi connectivity index (χ3v) is 8.52. The average molecular weight is 501 g/mol. The fraction of sp³-hybridized carbons (Fsp3) is 0.440. The highest BCUT2D eigenvalue weighted by molar-refractivity contribution is 7.20. The first kappa shape index (κ1) is 24.4. The highest BCUT2D eigenvalue weighted by Gasteiger charge is 2.29. The van der Waals surface area contributed by atoms with Crippen LogP contribution in [0.5, 0.6) is 0 Å². The molecule has 9 heteroatoms. The number of nitrogens with zero attached hydrogens (tertiary/aromatic N) is 2. The first-order valence-electron chi connectivity index (χ1n) is 11.5. The highest BCUT2D eigenvalue weighted by Crippen LogP contribution is 2.31. The largest absolute Gasteiger partial charge is 0.348 e. The number of thiophene rings is 1. The fourth-order valence-corrected chi connectivity index (χ4v) is 5.76. The average Bonchev–Trinajstić information content (AvgIpc) is 3.13. The summed E-state index contributed by atoms with van der Waals surface area (Å²) in [5.74, 6) is 0.448. The Kier molecular flexibility index (Phi) is 7.09. The topological polar surface area (TPSA) is 93.1 Å². The minimum atomic E-state index is -0.366. The number of amides is 2. The highest BCUT2D eigenvalue weighted by atomic mass is 35.5. The number of carbonyl (C=O) groups is 2. The van der Waals surface area contributed by atoms with Crippen LogP contribution in [0.15, 0.2) is 29.3 Å². The molecule has 1 aliphatic rings. The standard InChI is InChI=1S/C25H29ClN4O3S/c1-13-6-5-7-19(15(13)3)29-23(32)22-16(4)21-24(34-22)27-12-30(25(21)33)11-20(31)28-17-9-8-14(2)18(26)10-17/h8-10,12-13,15,19H,5-7,11H2,1-4H3,(H,28,31)(H,29,32)/t13-,15-,19+/m0/s1. The summed E-state index contributed by atoms with van der Waals surface area (Å²) in [6, 6.07) is 5.36. The van der Waals surface area contributed by atoms with Crippen LogP contribution in [0.4, 0.5) is 5.69 Å². The molecular formula is C25H29ClN4O3S. The van der Waals surface area contributed by atoms with Crippen molar-refractivity contribution in [1.29, 1.82) is 0 Å². The Bertz CT molecular complexity index is 1320. The van der Waals surface area contributed by atoms with Gasteiger partial charge in [-0.25, -0.2) is 4.98 Å². The van der Waals surface area contributed by atoms with E-state index in [-0.39, 0.29) is 30.0 Å². The van der Waals surface area contributed by atoms with Crippen molar-refractivity contribution in [2.75, 3.05) is 5.32 Å². The molecule has 1 aromatic carbocycles. The third-order valence-electron chi connectivity index (χ3n) is 6.92. The molecule has 0 aliphatic heterocycles. The molecule has 7 nitrogen and oxygen atoms in total. The molecule has 2 aromatic heterocycles. The fourth-order valence-electron chi connectivity index (χ4n) is 4.53. The van der Waals surface area contributed by atoms with E-state index in [2.05, 4.69) is 29.5 Å². The number of anilines is 1. The van der Waals surface area contributed by atoms with Crippen LogP contribution >= 0.6 is 22.9 Å². The van der Waals surface area contributed by atoms with Crippen molar-refractivity contribution in [2.45, 2.75) is 59.5 Å². The van der Waals surface area contributed by atoms with Gasteiger partial charge < -0.3 is 10.6 Å². The third kappa shape index (κ3) is 4.88. The van der Waals surface area contributed by atoms with Gasteiger partial charge in [-0.2, -0.15) is 0 Å². The van der Waals surface area contributed by atoms with E-state index in [1.165, 1.54) is 28.7 Å². The lowest BCUT2D eigenvalue weighted by molar-refractivity contribution is -0.116. The number of carbonyl (C=O) groups excluding carboxylic acids is 2. The summed E-state index contributed by atoms with van der Waals surface area (Å²) < 4.78 is 1.26. The van der Waals surface area contributed by atoms with E-state index < -0.39 is 0 Å². The normalized spacial score (nSPS) is 20.3.